The fourth-order valence-electron chi connectivity index (χ4n) is 3.21. The zero-order valence-corrected chi connectivity index (χ0v) is 12.1. The van der Waals surface area contributed by atoms with E-state index in [1.807, 2.05) is 12.1 Å². The van der Waals surface area contributed by atoms with E-state index in [4.69, 9.17) is 0 Å². The van der Waals surface area contributed by atoms with E-state index in [9.17, 15) is 14.4 Å². The largest absolute Gasteiger partial charge is 0.292 e. The SMILES string of the molecule is CC(=O)N1C(=O)[C@@H](C)[C@H]2c3ccc(Br)cc3C(=O)[C@H]21. The highest BCUT2D eigenvalue weighted by Gasteiger charge is 2.56. The summed E-state index contributed by atoms with van der Waals surface area (Å²) in [5, 5.41) is 0. The van der Waals surface area contributed by atoms with Crippen LogP contribution in [0.2, 0.25) is 0 Å². The Balaban J connectivity index is 2.18. The first-order valence-corrected chi connectivity index (χ1v) is 6.90. The molecule has 1 aliphatic carbocycles. The van der Waals surface area contributed by atoms with Crippen molar-refractivity contribution in [1.29, 1.82) is 0 Å². The quantitative estimate of drug-likeness (QED) is 0.735. The van der Waals surface area contributed by atoms with Gasteiger partial charge in [0.15, 0.2) is 5.78 Å². The molecule has 0 bridgehead atoms. The average Bonchev–Trinajstić information content (AvgIpc) is 2.76. The van der Waals surface area contributed by atoms with Crippen LogP contribution in [0.3, 0.4) is 0 Å². The molecule has 0 radical (unpaired) electrons. The molecule has 1 fully saturated rings. The van der Waals surface area contributed by atoms with Crippen molar-refractivity contribution in [3.05, 3.63) is 33.8 Å². The number of carbonyl (C=O) groups is 3. The third-order valence-corrected chi connectivity index (χ3v) is 4.53. The molecule has 19 heavy (non-hydrogen) atoms. The van der Waals surface area contributed by atoms with Crippen molar-refractivity contribution in [3.63, 3.8) is 0 Å². The lowest BCUT2D eigenvalue weighted by Crippen LogP contribution is -2.41. The van der Waals surface area contributed by atoms with Crippen LogP contribution >= 0.6 is 15.9 Å². The summed E-state index contributed by atoms with van der Waals surface area (Å²) in [4.78, 5) is 37.4. The number of nitrogens with zero attached hydrogens (tertiary/aromatic N) is 1. The third kappa shape index (κ3) is 1.54. The number of halogens is 1. The van der Waals surface area contributed by atoms with Crippen LogP contribution in [-0.2, 0) is 9.59 Å². The van der Waals surface area contributed by atoms with Gasteiger partial charge >= 0.3 is 0 Å². The minimum atomic E-state index is -0.649. The Morgan fingerprint density at radius 3 is 2.63 bits per heavy atom. The van der Waals surface area contributed by atoms with E-state index >= 15 is 0 Å². The van der Waals surface area contributed by atoms with Crippen LogP contribution < -0.4 is 0 Å². The third-order valence-electron chi connectivity index (χ3n) is 4.03. The van der Waals surface area contributed by atoms with Crippen LogP contribution in [0.25, 0.3) is 0 Å². The van der Waals surface area contributed by atoms with Crippen LogP contribution in [-0.4, -0.2) is 28.5 Å². The number of Topliss-reactive ketones (excluding diaryl/α,β-unsaturated/α-hetero) is 1. The summed E-state index contributed by atoms with van der Waals surface area (Å²) in [6.07, 6.45) is 0. The van der Waals surface area contributed by atoms with Crippen molar-refractivity contribution in [2.75, 3.05) is 0 Å². The van der Waals surface area contributed by atoms with Crippen molar-refractivity contribution < 1.29 is 14.4 Å². The zero-order chi connectivity index (χ0) is 13.9. The second-order valence-corrected chi connectivity index (χ2v) is 6.00. The molecule has 0 saturated carbocycles. The standard InChI is InChI=1S/C14H12BrNO3/c1-6-11-9-4-3-8(15)5-10(9)13(18)12(11)16(7(2)17)14(6)19/h3-6,11-12H,1-2H3/t6-,11-,12-/m0/s1. The van der Waals surface area contributed by atoms with E-state index < -0.39 is 6.04 Å². The monoisotopic (exact) mass is 321 g/mol. The highest BCUT2D eigenvalue weighted by Crippen LogP contribution is 2.47. The summed E-state index contributed by atoms with van der Waals surface area (Å²) in [7, 11) is 0. The first-order chi connectivity index (χ1) is 8.93. The van der Waals surface area contributed by atoms with E-state index in [1.165, 1.54) is 6.92 Å². The molecular formula is C14H12BrNO3. The van der Waals surface area contributed by atoms with Crippen molar-refractivity contribution in [1.82, 2.24) is 4.90 Å². The molecule has 0 unspecified atom stereocenters. The number of rotatable bonds is 0. The van der Waals surface area contributed by atoms with E-state index in [0.29, 0.717) is 5.56 Å². The molecule has 1 heterocycles. The predicted molar refractivity (Wildman–Crippen MR) is 71.7 cm³/mol. The van der Waals surface area contributed by atoms with E-state index in [0.717, 1.165) is 14.9 Å². The number of imide groups is 1. The molecule has 98 valence electrons. The number of carbonyl (C=O) groups excluding carboxylic acids is 3. The summed E-state index contributed by atoms with van der Waals surface area (Å²) in [5.74, 6) is -1.27. The molecule has 2 amide bonds. The highest BCUT2D eigenvalue weighted by atomic mass is 79.9. The number of fused-ring (bicyclic) bond motifs is 3. The molecule has 1 aliphatic heterocycles. The Bertz CT molecular complexity index is 625. The molecule has 1 aromatic rings. The topological polar surface area (TPSA) is 54.5 Å². The molecule has 0 aromatic heterocycles. The van der Waals surface area contributed by atoms with Gasteiger partial charge in [-0.3, -0.25) is 19.3 Å². The molecule has 1 aromatic carbocycles. The summed E-state index contributed by atoms with van der Waals surface area (Å²) in [5.41, 5.74) is 1.50. The van der Waals surface area contributed by atoms with Crippen LogP contribution in [0.15, 0.2) is 22.7 Å². The minimum absolute atomic E-state index is 0.130. The minimum Gasteiger partial charge on any atom is -0.292 e. The van der Waals surface area contributed by atoms with Crippen molar-refractivity contribution in [3.8, 4) is 0 Å². The van der Waals surface area contributed by atoms with Crippen LogP contribution in [0.4, 0.5) is 0 Å². The summed E-state index contributed by atoms with van der Waals surface area (Å²) in [6, 6.07) is 4.85. The van der Waals surface area contributed by atoms with E-state index in [-0.39, 0.29) is 29.4 Å². The van der Waals surface area contributed by atoms with Gasteiger partial charge < -0.3 is 0 Å². The fourth-order valence-corrected chi connectivity index (χ4v) is 3.57. The van der Waals surface area contributed by atoms with Crippen molar-refractivity contribution in [2.45, 2.75) is 25.8 Å². The highest BCUT2D eigenvalue weighted by molar-refractivity contribution is 9.10. The molecule has 0 spiro atoms. The van der Waals surface area contributed by atoms with Gasteiger partial charge in [0.25, 0.3) is 0 Å². The molecule has 4 nitrogen and oxygen atoms in total. The number of amides is 2. The van der Waals surface area contributed by atoms with Gasteiger partial charge in [-0.1, -0.05) is 28.9 Å². The number of hydrogen-bond donors (Lipinski definition) is 0. The van der Waals surface area contributed by atoms with E-state index in [2.05, 4.69) is 15.9 Å². The number of likely N-dealkylation sites (tertiary alicyclic amines) is 1. The van der Waals surface area contributed by atoms with E-state index in [1.54, 1.807) is 13.0 Å². The lowest BCUT2D eigenvalue weighted by molar-refractivity contribution is -0.143. The van der Waals surface area contributed by atoms with Gasteiger partial charge in [-0.25, -0.2) is 0 Å². The first-order valence-electron chi connectivity index (χ1n) is 6.10. The Morgan fingerprint density at radius 2 is 2.00 bits per heavy atom. The zero-order valence-electron chi connectivity index (χ0n) is 10.5. The van der Waals surface area contributed by atoms with Gasteiger partial charge in [-0.15, -0.1) is 0 Å². The normalized spacial score (nSPS) is 28.6. The summed E-state index contributed by atoms with van der Waals surface area (Å²) >= 11 is 3.34. The van der Waals surface area contributed by atoms with Gasteiger partial charge in [-0.05, 0) is 17.7 Å². The van der Waals surface area contributed by atoms with Crippen LogP contribution in [0, 0.1) is 5.92 Å². The van der Waals surface area contributed by atoms with Crippen molar-refractivity contribution in [2.24, 2.45) is 5.92 Å². The number of hydrogen-bond acceptors (Lipinski definition) is 3. The van der Waals surface area contributed by atoms with Gasteiger partial charge in [0.05, 0.1) is 0 Å². The van der Waals surface area contributed by atoms with Crippen molar-refractivity contribution >= 4 is 33.5 Å². The second-order valence-electron chi connectivity index (χ2n) is 5.08. The molecule has 1 saturated heterocycles. The Kier molecular flexibility index (Phi) is 2.64. The molecule has 0 N–H and O–H groups in total. The summed E-state index contributed by atoms with van der Waals surface area (Å²) in [6.45, 7) is 3.12. The lowest BCUT2D eigenvalue weighted by atomic mass is 9.90. The smallest absolute Gasteiger partial charge is 0.233 e. The van der Waals surface area contributed by atoms with Gasteiger partial charge in [-0.2, -0.15) is 0 Å². The molecular weight excluding hydrogens is 310 g/mol. The van der Waals surface area contributed by atoms with Crippen LogP contribution in [0.5, 0.6) is 0 Å². The summed E-state index contributed by atoms with van der Waals surface area (Å²) < 4.78 is 0.827. The predicted octanol–water partition coefficient (Wildman–Crippen LogP) is 2.12. The maximum atomic E-state index is 12.5. The molecule has 5 heteroatoms. The first kappa shape index (κ1) is 12.5. The van der Waals surface area contributed by atoms with Gasteiger partial charge in [0.2, 0.25) is 11.8 Å². The fraction of sp³-hybridized carbons (Fsp3) is 0.357. The Labute approximate surface area is 118 Å². The number of benzene rings is 1. The maximum Gasteiger partial charge on any atom is 0.233 e. The van der Waals surface area contributed by atoms with Crippen LogP contribution in [0.1, 0.15) is 35.7 Å². The molecule has 3 atom stereocenters. The Hall–Kier alpha value is -1.49. The van der Waals surface area contributed by atoms with Gasteiger partial charge in [0, 0.05) is 28.8 Å². The lowest BCUT2D eigenvalue weighted by Gasteiger charge is -2.18. The molecule has 3 rings (SSSR count). The maximum absolute atomic E-state index is 12.5. The Morgan fingerprint density at radius 1 is 1.32 bits per heavy atom. The second kappa shape index (κ2) is 4.00. The average molecular weight is 322 g/mol. The van der Waals surface area contributed by atoms with Gasteiger partial charge in [0.1, 0.15) is 6.04 Å². The molecule has 2 aliphatic rings. The number of ketones is 1.